The van der Waals surface area contributed by atoms with Gasteiger partial charge in [0.05, 0.1) is 5.92 Å². The minimum absolute atomic E-state index is 0.153. The number of hydrogen-bond acceptors (Lipinski definition) is 6. The van der Waals surface area contributed by atoms with Crippen LogP contribution < -0.4 is 10.6 Å². The molecular weight excluding hydrogens is 330 g/mol. The number of carboxylic acid groups (broad SMARTS) is 1. The van der Waals surface area contributed by atoms with Gasteiger partial charge >= 0.3 is 5.97 Å². The van der Waals surface area contributed by atoms with E-state index in [1.807, 2.05) is 0 Å². The highest BCUT2D eigenvalue weighted by molar-refractivity contribution is 6.28. The van der Waals surface area contributed by atoms with Crippen molar-refractivity contribution in [2.75, 3.05) is 10.6 Å². The number of halogens is 1. The first-order valence-electron chi connectivity index (χ1n) is 8.69. The molecule has 1 aromatic heterocycles. The lowest BCUT2D eigenvalue weighted by molar-refractivity contribution is -0.142. The van der Waals surface area contributed by atoms with Crippen LogP contribution in [0.5, 0.6) is 0 Å². The molecule has 1 heterocycles. The Morgan fingerprint density at radius 3 is 2.46 bits per heavy atom. The second-order valence-corrected chi connectivity index (χ2v) is 6.66. The lowest BCUT2D eigenvalue weighted by atomic mass is 9.86. The van der Waals surface area contributed by atoms with E-state index in [9.17, 15) is 4.79 Å². The Morgan fingerprint density at radius 2 is 1.88 bits per heavy atom. The van der Waals surface area contributed by atoms with Crippen molar-refractivity contribution in [3.8, 4) is 0 Å². The summed E-state index contributed by atoms with van der Waals surface area (Å²) in [6.07, 6.45) is 6.03. The van der Waals surface area contributed by atoms with Gasteiger partial charge in [-0.2, -0.15) is 15.0 Å². The predicted octanol–water partition coefficient (Wildman–Crippen LogP) is 3.57. The largest absolute Gasteiger partial charge is 0.481 e. The van der Waals surface area contributed by atoms with Gasteiger partial charge in [0.1, 0.15) is 0 Å². The van der Waals surface area contributed by atoms with Gasteiger partial charge in [-0.3, -0.25) is 4.79 Å². The Kier molecular flexibility index (Phi) is 7.02. The Morgan fingerprint density at radius 1 is 1.21 bits per heavy atom. The van der Waals surface area contributed by atoms with Crippen molar-refractivity contribution < 1.29 is 9.90 Å². The number of aromatic nitrogens is 3. The van der Waals surface area contributed by atoms with Crippen molar-refractivity contribution in [1.29, 1.82) is 0 Å². The Balaban J connectivity index is 1.97. The molecular formula is C16H26ClN5O2. The molecule has 0 saturated heterocycles. The van der Waals surface area contributed by atoms with Gasteiger partial charge in [-0.15, -0.1) is 0 Å². The van der Waals surface area contributed by atoms with Crippen molar-refractivity contribution >= 4 is 29.5 Å². The third-order valence-electron chi connectivity index (χ3n) is 4.48. The fraction of sp³-hybridized carbons (Fsp3) is 0.750. The summed E-state index contributed by atoms with van der Waals surface area (Å²) in [5.41, 5.74) is 0. The fourth-order valence-corrected chi connectivity index (χ4v) is 3.22. The molecule has 0 aliphatic heterocycles. The number of nitrogens with one attached hydrogen (secondary N) is 2. The van der Waals surface area contributed by atoms with Crippen LogP contribution in [-0.2, 0) is 4.79 Å². The molecule has 0 amide bonds. The van der Waals surface area contributed by atoms with Gasteiger partial charge in [0, 0.05) is 12.1 Å². The predicted molar refractivity (Wildman–Crippen MR) is 94.5 cm³/mol. The number of nitrogens with zero attached hydrogens (tertiary/aromatic N) is 3. The van der Waals surface area contributed by atoms with Crippen LogP contribution in [0.4, 0.5) is 11.9 Å². The topological polar surface area (TPSA) is 100 Å². The third-order valence-corrected chi connectivity index (χ3v) is 4.65. The van der Waals surface area contributed by atoms with Crippen LogP contribution in [0.1, 0.15) is 58.8 Å². The third kappa shape index (κ3) is 5.47. The maximum absolute atomic E-state index is 11.0. The number of carboxylic acids is 1. The molecule has 134 valence electrons. The molecule has 1 atom stereocenters. The summed E-state index contributed by atoms with van der Waals surface area (Å²) in [6, 6.07) is 0.483. The summed E-state index contributed by atoms with van der Waals surface area (Å²) in [5, 5.41) is 15.8. The highest BCUT2D eigenvalue weighted by atomic mass is 35.5. The molecule has 3 N–H and O–H groups in total. The molecule has 1 aliphatic rings. The normalized spacial score (nSPS) is 22.0. The zero-order valence-electron chi connectivity index (χ0n) is 14.3. The van der Waals surface area contributed by atoms with Crippen LogP contribution >= 0.6 is 11.6 Å². The van der Waals surface area contributed by atoms with Crippen LogP contribution in [0.15, 0.2) is 0 Å². The number of anilines is 2. The molecule has 1 unspecified atom stereocenters. The summed E-state index contributed by atoms with van der Waals surface area (Å²) in [4.78, 5) is 23.7. The molecule has 0 bridgehead atoms. The highest BCUT2D eigenvalue weighted by Gasteiger charge is 2.26. The average molecular weight is 356 g/mol. The van der Waals surface area contributed by atoms with E-state index < -0.39 is 5.97 Å². The van der Waals surface area contributed by atoms with Crippen LogP contribution in [0, 0.1) is 5.92 Å². The molecule has 8 heteroatoms. The molecule has 0 radical (unpaired) electrons. The minimum Gasteiger partial charge on any atom is -0.481 e. The van der Waals surface area contributed by atoms with Crippen LogP contribution in [0.2, 0.25) is 5.28 Å². The first-order chi connectivity index (χ1) is 11.5. The van der Waals surface area contributed by atoms with E-state index in [1.165, 1.54) is 0 Å². The zero-order valence-corrected chi connectivity index (χ0v) is 15.0. The second kappa shape index (κ2) is 9.01. The van der Waals surface area contributed by atoms with E-state index >= 15 is 0 Å². The van der Waals surface area contributed by atoms with E-state index in [0.717, 1.165) is 32.1 Å². The van der Waals surface area contributed by atoms with Gasteiger partial charge in [-0.05, 0) is 50.1 Å². The minimum atomic E-state index is -0.704. The van der Waals surface area contributed by atoms with E-state index in [0.29, 0.717) is 30.8 Å². The average Bonchev–Trinajstić information content (AvgIpc) is 2.54. The zero-order chi connectivity index (χ0) is 17.5. The summed E-state index contributed by atoms with van der Waals surface area (Å²) < 4.78 is 0. The second-order valence-electron chi connectivity index (χ2n) is 6.32. The van der Waals surface area contributed by atoms with Crippen molar-refractivity contribution in [1.82, 2.24) is 15.0 Å². The van der Waals surface area contributed by atoms with Crippen molar-refractivity contribution in [2.24, 2.45) is 5.92 Å². The van der Waals surface area contributed by atoms with Crippen LogP contribution in [-0.4, -0.2) is 38.1 Å². The van der Waals surface area contributed by atoms with Crippen LogP contribution in [0.3, 0.4) is 0 Å². The van der Waals surface area contributed by atoms with Gasteiger partial charge in [0.2, 0.25) is 17.2 Å². The van der Waals surface area contributed by atoms with Gasteiger partial charge in [0.15, 0.2) is 0 Å². The molecule has 0 spiro atoms. The summed E-state index contributed by atoms with van der Waals surface area (Å²) >= 11 is 6.02. The molecule has 1 aliphatic carbocycles. The number of rotatable bonds is 8. The quantitative estimate of drug-likeness (QED) is 0.655. The highest BCUT2D eigenvalue weighted by Crippen LogP contribution is 2.26. The van der Waals surface area contributed by atoms with E-state index in [2.05, 4.69) is 39.4 Å². The number of carbonyl (C=O) groups is 1. The molecule has 0 aromatic carbocycles. The van der Waals surface area contributed by atoms with Gasteiger partial charge in [0.25, 0.3) is 0 Å². The molecule has 7 nitrogen and oxygen atoms in total. The Bertz CT molecular complexity index is 549. The fourth-order valence-electron chi connectivity index (χ4n) is 3.06. The van der Waals surface area contributed by atoms with Crippen molar-refractivity contribution in [2.45, 2.75) is 70.9 Å². The molecule has 1 aromatic rings. The van der Waals surface area contributed by atoms with Gasteiger partial charge < -0.3 is 15.7 Å². The summed E-state index contributed by atoms with van der Waals surface area (Å²) in [5.74, 6) is -0.00842. The summed E-state index contributed by atoms with van der Waals surface area (Å²) in [6.45, 7) is 4.27. The van der Waals surface area contributed by atoms with Crippen molar-refractivity contribution in [3.63, 3.8) is 0 Å². The Labute approximate surface area is 147 Å². The van der Waals surface area contributed by atoms with Crippen molar-refractivity contribution in [3.05, 3.63) is 5.28 Å². The lowest BCUT2D eigenvalue weighted by Gasteiger charge is -2.26. The van der Waals surface area contributed by atoms with E-state index in [1.54, 1.807) is 0 Å². The maximum atomic E-state index is 11.0. The number of hydrogen-bond donors (Lipinski definition) is 3. The number of aliphatic carboxylic acids is 1. The van der Waals surface area contributed by atoms with E-state index in [-0.39, 0.29) is 17.2 Å². The molecule has 24 heavy (non-hydrogen) atoms. The Hall–Kier alpha value is -1.63. The SMILES string of the molecule is CCCC(CC)Nc1nc(Cl)nc(NC2CCC(C(=O)O)CC2)n1. The first-order valence-corrected chi connectivity index (χ1v) is 9.07. The first kappa shape index (κ1) is 18.7. The van der Waals surface area contributed by atoms with Gasteiger partial charge in [-0.25, -0.2) is 0 Å². The monoisotopic (exact) mass is 355 g/mol. The standard InChI is InChI=1S/C16H26ClN5O2/c1-3-5-11(4-2)18-15-20-14(17)21-16(22-15)19-12-8-6-10(7-9-12)13(23)24/h10-12H,3-9H2,1-2H3,(H,23,24)(H2,18,19,20,21,22). The van der Waals surface area contributed by atoms with E-state index in [4.69, 9.17) is 16.7 Å². The van der Waals surface area contributed by atoms with Gasteiger partial charge in [-0.1, -0.05) is 20.3 Å². The summed E-state index contributed by atoms with van der Waals surface area (Å²) in [7, 11) is 0. The molecule has 1 saturated carbocycles. The lowest BCUT2D eigenvalue weighted by Crippen LogP contribution is -2.30. The maximum Gasteiger partial charge on any atom is 0.306 e. The molecule has 2 rings (SSSR count). The molecule has 1 fully saturated rings. The smallest absolute Gasteiger partial charge is 0.306 e. The van der Waals surface area contributed by atoms with Crippen LogP contribution in [0.25, 0.3) is 0 Å².